The smallest absolute Gasteiger partial charge is 0.330 e. The second-order valence-electron chi connectivity index (χ2n) is 11.6. The number of hydrogen-bond acceptors (Lipinski definition) is 14. The van der Waals surface area contributed by atoms with E-state index in [1.807, 2.05) is 6.07 Å². The van der Waals surface area contributed by atoms with Gasteiger partial charge in [-0.1, -0.05) is 35.5 Å². The van der Waals surface area contributed by atoms with Crippen molar-refractivity contribution in [3.05, 3.63) is 111 Å². The Morgan fingerprint density at radius 2 is 1.67 bits per heavy atom. The number of benzene rings is 2. The monoisotopic (exact) mass is 680 g/mol. The van der Waals surface area contributed by atoms with Crippen LogP contribution in [0.1, 0.15) is 40.4 Å². The Kier molecular flexibility index (Phi) is 10.4. The van der Waals surface area contributed by atoms with Crippen molar-refractivity contribution in [1.82, 2.24) is 24.5 Å². The van der Waals surface area contributed by atoms with Crippen LogP contribution in [0.25, 0.3) is 0 Å². The van der Waals surface area contributed by atoms with E-state index in [9.17, 15) is 34.8 Å². The van der Waals surface area contributed by atoms with Crippen molar-refractivity contribution < 1.29 is 44.2 Å². The molecule has 2 fully saturated rings. The molecule has 0 spiro atoms. The zero-order valence-electron chi connectivity index (χ0n) is 26.0. The lowest BCUT2D eigenvalue weighted by Gasteiger charge is -2.28. The summed E-state index contributed by atoms with van der Waals surface area (Å²) in [6.07, 6.45) is -9.56. The first-order valence-corrected chi connectivity index (χ1v) is 15.6. The summed E-state index contributed by atoms with van der Waals surface area (Å²) in [5, 5.41) is 51.1. The summed E-state index contributed by atoms with van der Waals surface area (Å²) in [6.45, 7) is 0.524. The lowest BCUT2D eigenvalue weighted by atomic mass is 10.0. The normalized spacial score (nSPS) is 27.3. The van der Waals surface area contributed by atoms with Gasteiger partial charge in [-0.15, -0.1) is 5.10 Å². The zero-order valence-corrected chi connectivity index (χ0v) is 26.0. The van der Waals surface area contributed by atoms with E-state index in [2.05, 4.69) is 15.3 Å². The summed E-state index contributed by atoms with van der Waals surface area (Å²) in [4.78, 5) is 38.7. The van der Waals surface area contributed by atoms with Gasteiger partial charge in [0.05, 0.1) is 12.8 Å². The van der Waals surface area contributed by atoms with Gasteiger partial charge in [0.25, 0.3) is 5.56 Å². The number of H-pyrrole nitrogens is 1. The molecule has 0 unspecified atom stereocenters. The average molecular weight is 681 g/mol. The standard InChI is InChI=1S/C32H36N6O11/c33-15-21-24(41)27(44)31(47-21)49-28(29-25(42)26(43)30(48-29)38-13-11-22(39)34-32(38)45)20-16-37(36-35-20)12-4-14-46-19-9-7-18(8-10-19)23(40)17-5-2-1-3-6-17/h1-3,5-11,13,16,21,24-31,41-44H,4,12,14-15,33H2,(H,34,39,45)/t21-,24-,25+,26-,27-,28+,29+,30-,31+/m1/s1. The minimum absolute atomic E-state index is 0.0910. The fraction of sp³-hybridized carbons (Fsp3) is 0.406. The number of aliphatic hydroxyl groups is 4. The quantitative estimate of drug-likeness (QED) is 0.0704. The van der Waals surface area contributed by atoms with Crippen LogP contribution < -0.4 is 21.7 Å². The van der Waals surface area contributed by atoms with Crippen molar-refractivity contribution in [2.75, 3.05) is 13.2 Å². The summed E-state index contributed by atoms with van der Waals surface area (Å²) in [5.74, 6) is 0.485. The molecule has 2 aromatic heterocycles. The summed E-state index contributed by atoms with van der Waals surface area (Å²) in [5.41, 5.74) is 5.35. The van der Waals surface area contributed by atoms with Crippen LogP contribution in [0.4, 0.5) is 0 Å². The van der Waals surface area contributed by atoms with E-state index in [-0.39, 0.29) is 18.0 Å². The number of hydrogen-bond donors (Lipinski definition) is 6. The van der Waals surface area contributed by atoms with Gasteiger partial charge in [0.2, 0.25) is 0 Å². The first-order chi connectivity index (χ1) is 23.6. The summed E-state index contributed by atoms with van der Waals surface area (Å²) in [6, 6.07) is 16.8. The van der Waals surface area contributed by atoms with Crippen molar-refractivity contribution in [3.63, 3.8) is 0 Å². The molecule has 49 heavy (non-hydrogen) atoms. The highest BCUT2D eigenvalue weighted by atomic mass is 16.7. The van der Waals surface area contributed by atoms with Gasteiger partial charge < -0.3 is 45.1 Å². The van der Waals surface area contributed by atoms with Gasteiger partial charge in [-0.3, -0.25) is 23.8 Å². The van der Waals surface area contributed by atoms with Gasteiger partial charge >= 0.3 is 5.69 Å². The Labute approximate surface area is 278 Å². The van der Waals surface area contributed by atoms with E-state index in [4.69, 9.17) is 24.7 Å². The van der Waals surface area contributed by atoms with Gasteiger partial charge in [-0.2, -0.15) is 0 Å². The molecule has 4 heterocycles. The molecule has 7 N–H and O–H groups in total. The maximum Gasteiger partial charge on any atom is 0.330 e. The molecule has 2 aliphatic heterocycles. The van der Waals surface area contributed by atoms with E-state index >= 15 is 0 Å². The number of ether oxygens (including phenoxy) is 4. The number of nitrogens with zero attached hydrogens (tertiary/aromatic N) is 4. The molecule has 6 rings (SSSR count). The van der Waals surface area contributed by atoms with Crippen molar-refractivity contribution in [2.24, 2.45) is 5.73 Å². The maximum absolute atomic E-state index is 12.6. The van der Waals surface area contributed by atoms with Crippen LogP contribution in [0.5, 0.6) is 5.75 Å². The predicted octanol–water partition coefficient (Wildman–Crippen LogP) is -1.39. The van der Waals surface area contributed by atoms with E-state index in [1.165, 1.54) is 10.9 Å². The van der Waals surface area contributed by atoms with Crippen molar-refractivity contribution in [3.8, 4) is 5.75 Å². The van der Waals surface area contributed by atoms with Gasteiger partial charge in [0.1, 0.15) is 54.2 Å². The van der Waals surface area contributed by atoms with E-state index < -0.39 is 66.5 Å². The summed E-state index contributed by atoms with van der Waals surface area (Å²) in [7, 11) is 0. The first-order valence-electron chi connectivity index (χ1n) is 15.6. The van der Waals surface area contributed by atoms with E-state index in [0.717, 1.165) is 16.8 Å². The number of aromatic nitrogens is 5. The highest BCUT2D eigenvalue weighted by Gasteiger charge is 2.52. The minimum Gasteiger partial charge on any atom is -0.494 e. The van der Waals surface area contributed by atoms with Crippen LogP contribution in [0.2, 0.25) is 0 Å². The molecular formula is C32H36N6O11. The molecule has 4 aromatic rings. The molecule has 0 radical (unpaired) electrons. The number of nitrogens with two attached hydrogens (primary N) is 1. The molecule has 2 aromatic carbocycles. The molecule has 2 saturated heterocycles. The van der Waals surface area contributed by atoms with E-state index in [1.54, 1.807) is 48.5 Å². The highest BCUT2D eigenvalue weighted by Crippen LogP contribution is 2.39. The van der Waals surface area contributed by atoms with Crippen LogP contribution in [0, 0.1) is 0 Å². The number of carbonyl (C=O) groups is 1. The zero-order chi connectivity index (χ0) is 34.7. The Morgan fingerprint density at radius 3 is 2.37 bits per heavy atom. The van der Waals surface area contributed by atoms with Gasteiger partial charge in [-0.05, 0) is 24.3 Å². The largest absolute Gasteiger partial charge is 0.494 e. The highest BCUT2D eigenvalue weighted by molar-refractivity contribution is 6.08. The Bertz CT molecular complexity index is 1830. The molecule has 17 nitrogen and oxygen atoms in total. The molecule has 0 bridgehead atoms. The first kappa shape index (κ1) is 34.3. The molecule has 0 saturated carbocycles. The van der Waals surface area contributed by atoms with Gasteiger partial charge in [0, 0.05) is 42.9 Å². The number of rotatable bonds is 13. The fourth-order valence-corrected chi connectivity index (χ4v) is 5.70. The Hall–Kier alpha value is -4.59. The molecule has 260 valence electrons. The third kappa shape index (κ3) is 7.38. The maximum atomic E-state index is 12.6. The summed E-state index contributed by atoms with van der Waals surface area (Å²) >= 11 is 0. The van der Waals surface area contributed by atoms with Gasteiger partial charge in [0.15, 0.2) is 18.3 Å². The Balaban J connectivity index is 1.12. The van der Waals surface area contributed by atoms with Crippen LogP contribution in [-0.4, -0.2) is 107 Å². The predicted molar refractivity (Wildman–Crippen MR) is 167 cm³/mol. The lowest BCUT2D eigenvalue weighted by Crippen LogP contribution is -2.40. The third-order valence-electron chi connectivity index (χ3n) is 8.33. The molecule has 0 amide bonds. The molecule has 9 atom stereocenters. The Morgan fingerprint density at radius 1 is 0.939 bits per heavy atom. The number of carbonyl (C=O) groups excluding carboxylic acids is 1. The second kappa shape index (κ2) is 14.9. The number of aliphatic hydroxyl groups excluding tert-OH is 4. The van der Waals surface area contributed by atoms with Crippen LogP contribution in [0.3, 0.4) is 0 Å². The fourth-order valence-electron chi connectivity index (χ4n) is 5.70. The summed E-state index contributed by atoms with van der Waals surface area (Å²) < 4.78 is 25.7. The van der Waals surface area contributed by atoms with Crippen LogP contribution in [-0.2, 0) is 20.8 Å². The number of ketones is 1. The van der Waals surface area contributed by atoms with Crippen LogP contribution >= 0.6 is 0 Å². The molecule has 2 aliphatic rings. The van der Waals surface area contributed by atoms with Gasteiger partial charge in [-0.25, -0.2) is 4.79 Å². The average Bonchev–Trinajstić information content (AvgIpc) is 3.78. The van der Waals surface area contributed by atoms with Crippen molar-refractivity contribution in [1.29, 1.82) is 0 Å². The SMILES string of the molecule is NC[C@H]1O[C@@H](O[C@@H](c2cn(CCCOc3ccc(C(=O)c4ccccc4)cc3)nn2)[C@H]2O[C@@H](n3ccc(=O)[nH]c3=O)[C@H](O)[C@@H]2O)[C@H](O)[C@@H]1O. The minimum atomic E-state index is -1.64. The number of nitrogens with one attached hydrogen (secondary N) is 1. The number of aromatic amines is 1. The second-order valence-corrected chi connectivity index (χ2v) is 11.6. The van der Waals surface area contributed by atoms with Crippen molar-refractivity contribution in [2.45, 2.75) is 68.2 Å². The van der Waals surface area contributed by atoms with Crippen LogP contribution in [0.15, 0.2) is 82.6 Å². The molecule has 17 heteroatoms. The molecule has 0 aliphatic carbocycles. The van der Waals surface area contributed by atoms with Crippen molar-refractivity contribution >= 4 is 5.78 Å². The molecular weight excluding hydrogens is 644 g/mol. The lowest BCUT2D eigenvalue weighted by molar-refractivity contribution is -0.224. The topological polar surface area (TPSA) is 246 Å². The number of aryl methyl sites for hydroxylation is 1. The van der Waals surface area contributed by atoms with E-state index in [0.29, 0.717) is 36.4 Å². The third-order valence-corrected chi connectivity index (χ3v) is 8.33.